The molecule has 0 nitrogen and oxygen atoms in total. The number of hydrogen-bond donors (Lipinski definition) is 0. The zero-order chi connectivity index (χ0) is 9.56. The van der Waals surface area contributed by atoms with Crippen LogP contribution in [0.1, 0.15) is 34.1 Å². The van der Waals surface area contributed by atoms with Crippen molar-refractivity contribution in [1.82, 2.24) is 0 Å². The van der Waals surface area contributed by atoms with Crippen LogP contribution in [0.25, 0.3) is 0 Å². The molecule has 0 atom stereocenters. The van der Waals surface area contributed by atoms with Crippen molar-refractivity contribution in [2.24, 2.45) is 5.92 Å². The number of rotatable bonds is 4. The topological polar surface area (TPSA) is 0 Å². The van der Waals surface area contributed by atoms with Gasteiger partial charge in [0.2, 0.25) is 0 Å². The van der Waals surface area contributed by atoms with E-state index in [9.17, 15) is 0 Å². The molecular weight excluding hydrogens is 144 g/mol. The first-order valence-corrected chi connectivity index (χ1v) is 4.56. The third-order valence-electron chi connectivity index (χ3n) is 1.75. The summed E-state index contributed by atoms with van der Waals surface area (Å²) in [6, 6.07) is 0. The first kappa shape index (κ1) is 11.2. The molecule has 0 aromatic rings. The predicted octanol–water partition coefficient (Wildman–Crippen LogP) is 4.11. The van der Waals surface area contributed by atoms with E-state index in [1.54, 1.807) is 0 Å². The van der Waals surface area contributed by atoms with E-state index < -0.39 is 0 Å². The number of hydrogen-bond acceptors (Lipinski definition) is 0. The zero-order valence-electron chi connectivity index (χ0n) is 8.72. The molecule has 0 saturated carbocycles. The van der Waals surface area contributed by atoms with Crippen molar-refractivity contribution in [2.45, 2.75) is 34.1 Å². The second-order valence-corrected chi connectivity index (χ2v) is 3.55. The smallest absolute Gasteiger partial charge is 0.0259 e. The Bertz CT molecular complexity index is 192. The molecule has 0 aliphatic heterocycles. The molecule has 0 spiro atoms. The Morgan fingerprint density at radius 2 is 2.00 bits per heavy atom. The van der Waals surface area contributed by atoms with Gasteiger partial charge in [-0.15, -0.1) is 0 Å². The molecule has 0 saturated heterocycles. The van der Waals surface area contributed by atoms with Crippen molar-refractivity contribution in [2.75, 3.05) is 0 Å². The van der Waals surface area contributed by atoms with Crippen LogP contribution in [0.2, 0.25) is 0 Å². The molecule has 68 valence electrons. The van der Waals surface area contributed by atoms with Crippen molar-refractivity contribution in [3.63, 3.8) is 0 Å². The van der Waals surface area contributed by atoms with E-state index in [1.165, 1.54) is 11.1 Å². The molecule has 0 heterocycles. The maximum Gasteiger partial charge on any atom is -0.0259 e. The van der Waals surface area contributed by atoms with Crippen LogP contribution in [0.15, 0.2) is 36.0 Å². The van der Waals surface area contributed by atoms with Crippen molar-refractivity contribution in [3.8, 4) is 0 Å². The van der Waals surface area contributed by atoms with Gasteiger partial charge in [0.25, 0.3) is 0 Å². The second kappa shape index (κ2) is 5.82. The van der Waals surface area contributed by atoms with E-state index in [0.29, 0.717) is 0 Å². The maximum atomic E-state index is 3.73. The summed E-state index contributed by atoms with van der Waals surface area (Å²) in [4.78, 5) is 0. The molecule has 0 unspecified atom stereocenters. The van der Waals surface area contributed by atoms with Gasteiger partial charge in [-0.1, -0.05) is 49.8 Å². The van der Waals surface area contributed by atoms with Gasteiger partial charge >= 0.3 is 0 Å². The average Bonchev–Trinajstić information content (AvgIpc) is 2.02. The Hall–Kier alpha value is -0.780. The normalized spacial score (nSPS) is 13.8. The largest absolute Gasteiger partial charge is 0.0988 e. The van der Waals surface area contributed by atoms with Gasteiger partial charge in [-0.3, -0.25) is 0 Å². The molecule has 0 N–H and O–H groups in total. The molecule has 0 fully saturated rings. The van der Waals surface area contributed by atoms with Crippen molar-refractivity contribution in [3.05, 3.63) is 36.0 Å². The van der Waals surface area contributed by atoms with Crippen molar-refractivity contribution >= 4 is 0 Å². The Balaban J connectivity index is 4.29. The van der Waals surface area contributed by atoms with Gasteiger partial charge in [0.05, 0.1) is 0 Å². The van der Waals surface area contributed by atoms with Gasteiger partial charge in [-0.2, -0.15) is 0 Å². The summed E-state index contributed by atoms with van der Waals surface area (Å²) < 4.78 is 0. The lowest BCUT2D eigenvalue weighted by Gasteiger charge is -2.05. The highest BCUT2D eigenvalue weighted by atomic mass is 14.0. The van der Waals surface area contributed by atoms with Crippen LogP contribution in [0, 0.1) is 5.92 Å². The molecule has 0 aromatic heterocycles. The van der Waals surface area contributed by atoms with Crippen molar-refractivity contribution < 1.29 is 0 Å². The van der Waals surface area contributed by atoms with Crippen LogP contribution < -0.4 is 0 Å². The van der Waals surface area contributed by atoms with E-state index in [1.807, 2.05) is 6.08 Å². The highest BCUT2D eigenvalue weighted by Crippen LogP contribution is 2.13. The van der Waals surface area contributed by atoms with Gasteiger partial charge in [0.1, 0.15) is 0 Å². The van der Waals surface area contributed by atoms with E-state index >= 15 is 0 Å². The number of allylic oxidation sites excluding steroid dienone is 5. The predicted molar refractivity (Wildman–Crippen MR) is 57.2 cm³/mol. The van der Waals surface area contributed by atoms with Crippen LogP contribution in [-0.2, 0) is 0 Å². The van der Waals surface area contributed by atoms with E-state index in [-0.39, 0.29) is 0 Å². The van der Waals surface area contributed by atoms with Gasteiger partial charge in [0.15, 0.2) is 0 Å². The molecule has 0 aliphatic rings. The summed E-state index contributed by atoms with van der Waals surface area (Å²) >= 11 is 0. The van der Waals surface area contributed by atoms with E-state index in [0.717, 1.165) is 12.3 Å². The SMILES string of the molecule is C=C/C(C)=C\C(=C/C)CC(C)C. The van der Waals surface area contributed by atoms with E-state index in [2.05, 4.69) is 46.4 Å². The molecular formula is C12H20. The van der Waals surface area contributed by atoms with Crippen molar-refractivity contribution in [1.29, 1.82) is 0 Å². The molecule has 0 amide bonds. The first-order chi connectivity index (χ1) is 5.60. The third-order valence-corrected chi connectivity index (χ3v) is 1.75. The fourth-order valence-electron chi connectivity index (χ4n) is 1.08. The van der Waals surface area contributed by atoms with Crippen LogP contribution in [0.4, 0.5) is 0 Å². The van der Waals surface area contributed by atoms with E-state index in [4.69, 9.17) is 0 Å². The summed E-state index contributed by atoms with van der Waals surface area (Å²) in [5.41, 5.74) is 2.64. The fourth-order valence-corrected chi connectivity index (χ4v) is 1.08. The van der Waals surface area contributed by atoms with Crippen LogP contribution in [0.5, 0.6) is 0 Å². The molecule has 12 heavy (non-hydrogen) atoms. The maximum absolute atomic E-state index is 3.73. The fraction of sp³-hybridized carbons (Fsp3) is 0.500. The Kier molecular flexibility index (Phi) is 5.44. The van der Waals surface area contributed by atoms with Crippen LogP contribution >= 0.6 is 0 Å². The van der Waals surface area contributed by atoms with Gasteiger partial charge in [0, 0.05) is 0 Å². The molecule has 0 radical (unpaired) electrons. The summed E-state index contributed by atoms with van der Waals surface area (Å²) in [5, 5.41) is 0. The molecule has 0 aliphatic carbocycles. The first-order valence-electron chi connectivity index (χ1n) is 4.56. The zero-order valence-corrected chi connectivity index (χ0v) is 8.72. The minimum absolute atomic E-state index is 0.727. The lowest BCUT2D eigenvalue weighted by molar-refractivity contribution is 0.649. The van der Waals surface area contributed by atoms with Gasteiger partial charge in [-0.25, -0.2) is 0 Å². The van der Waals surface area contributed by atoms with Crippen LogP contribution in [-0.4, -0.2) is 0 Å². The summed E-state index contributed by atoms with van der Waals surface area (Å²) in [6.45, 7) is 12.4. The van der Waals surface area contributed by atoms with Crippen LogP contribution in [0.3, 0.4) is 0 Å². The van der Waals surface area contributed by atoms with Gasteiger partial charge < -0.3 is 0 Å². The summed E-state index contributed by atoms with van der Waals surface area (Å²) in [6.07, 6.45) is 7.42. The Morgan fingerprint density at radius 1 is 1.42 bits per heavy atom. The molecule has 0 bridgehead atoms. The third kappa shape index (κ3) is 4.95. The average molecular weight is 164 g/mol. The Labute approximate surface area is 76.7 Å². The molecule has 0 rings (SSSR count). The lowest BCUT2D eigenvalue weighted by atomic mass is 10.0. The molecule has 0 heteroatoms. The lowest BCUT2D eigenvalue weighted by Crippen LogP contribution is -1.89. The summed E-state index contributed by atoms with van der Waals surface area (Å²) in [7, 11) is 0. The Morgan fingerprint density at radius 3 is 2.33 bits per heavy atom. The quantitative estimate of drug-likeness (QED) is 0.548. The minimum atomic E-state index is 0.727. The minimum Gasteiger partial charge on any atom is -0.0988 e. The second-order valence-electron chi connectivity index (χ2n) is 3.55. The highest BCUT2D eigenvalue weighted by molar-refractivity contribution is 5.27. The monoisotopic (exact) mass is 164 g/mol. The summed E-state index contributed by atoms with van der Waals surface area (Å²) in [5.74, 6) is 0.727. The molecule has 0 aromatic carbocycles. The highest BCUT2D eigenvalue weighted by Gasteiger charge is 1.96. The standard InChI is InChI=1S/C12H20/c1-6-11(5)9-12(7-2)8-10(3)4/h6-7,9-10H,1,8H2,2-5H3/b11-9-,12-7-. The van der Waals surface area contributed by atoms with Gasteiger partial charge in [-0.05, 0) is 26.2 Å².